The molecule has 5 nitrogen and oxygen atoms in total. The van der Waals surface area contributed by atoms with Crippen molar-refractivity contribution >= 4 is 32.8 Å². The first-order valence-electron chi connectivity index (χ1n) is 31.5. The number of rotatable bonds is 9. The van der Waals surface area contributed by atoms with Crippen molar-refractivity contribution in [3.63, 3.8) is 0 Å². The third-order valence-electron chi connectivity index (χ3n) is 13.2. The lowest BCUT2D eigenvalue weighted by Crippen LogP contribution is -2.31. The standard InChI is InChI=1S/C68H56N4O/c1-67(2,3)52-27-18-26-50(38-52)60-40-51(47-22-12-8-13-23-47)39-59(48-24-14-9-15-25-48)66(60)71-45-70(64-41-49(32-35-62(64)71)46-20-10-7-11-21-46)54-28-19-29-55(43-54)73-56-33-34-58-57-30-16-17-31-61(57)72(63(58)44-56)65-42-53(36-37-69-65)68(4,5)6/h7-44H,1-6H3/i7D,8D,9D,10D,11D,12D,13D,14D,15D,20D,21D,22D,23D,24D,25D. The van der Waals surface area contributed by atoms with Crippen molar-refractivity contribution in [2.75, 3.05) is 0 Å². The van der Waals surface area contributed by atoms with Crippen LogP contribution < -0.4 is 9.30 Å². The molecule has 73 heavy (non-hydrogen) atoms. The van der Waals surface area contributed by atoms with Gasteiger partial charge in [0.25, 0.3) is 6.33 Å². The average molecular weight is 960 g/mol. The van der Waals surface area contributed by atoms with Gasteiger partial charge in [0, 0.05) is 23.0 Å². The highest BCUT2D eigenvalue weighted by Gasteiger charge is 2.24. The maximum absolute atomic E-state index is 9.52. The summed E-state index contributed by atoms with van der Waals surface area (Å²) in [6.45, 7) is 12.6. The normalized spacial score (nSPS) is 14.8. The number of nitrogens with zero attached hydrogens (tertiary/aromatic N) is 4. The van der Waals surface area contributed by atoms with Crippen molar-refractivity contribution < 1.29 is 29.9 Å². The van der Waals surface area contributed by atoms with Crippen molar-refractivity contribution in [1.82, 2.24) is 14.1 Å². The Hall–Kier alpha value is -8.80. The fraction of sp³-hybridized carbons (Fsp3) is 0.118. The summed E-state index contributed by atoms with van der Waals surface area (Å²) < 4.78 is 146. The highest BCUT2D eigenvalue weighted by atomic mass is 16.5. The van der Waals surface area contributed by atoms with Gasteiger partial charge in [0.05, 0.1) is 54.0 Å². The van der Waals surface area contributed by atoms with E-state index in [9.17, 15) is 5.48 Å². The summed E-state index contributed by atoms with van der Waals surface area (Å²) >= 11 is 0. The molecule has 354 valence electrons. The van der Waals surface area contributed by atoms with Gasteiger partial charge < -0.3 is 4.74 Å². The van der Waals surface area contributed by atoms with Crippen molar-refractivity contribution in [3.05, 3.63) is 248 Å². The minimum Gasteiger partial charge on any atom is -0.458 e. The molecule has 0 radical (unpaired) electrons. The van der Waals surface area contributed by atoms with E-state index in [0.717, 1.165) is 38.8 Å². The fourth-order valence-electron chi connectivity index (χ4n) is 9.47. The number of hydrogen-bond donors (Lipinski definition) is 0. The molecule has 0 aliphatic carbocycles. The summed E-state index contributed by atoms with van der Waals surface area (Å²) in [6.07, 6.45) is 5.37. The van der Waals surface area contributed by atoms with Gasteiger partial charge in [-0.1, -0.05) is 193 Å². The van der Waals surface area contributed by atoms with E-state index in [1.165, 1.54) is 6.07 Å². The van der Waals surface area contributed by atoms with Crippen LogP contribution in [0.4, 0.5) is 0 Å². The maximum atomic E-state index is 9.52. The first-order chi connectivity index (χ1) is 41.7. The predicted molar refractivity (Wildman–Crippen MR) is 301 cm³/mol. The molecular weight excluding hydrogens is 889 g/mol. The smallest absolute Gasteiger partial charge is 0.269 e. The minimum absolute atomic E-state index is 0.0117. The van der Waals surface area contributed by atoms with Gasteiger partial charge in [0.15, 0.2) is 0 Å². The van der Waals surface area contributed by atoms with Gasteiger partial charge in [-0.2, -0.15) is 0 Å². The van der Waals surface area contributed by atoms with Crippen LogP contribution in [0.5, 0.6) is 11.5 Å². The van der Waals surface area contributed by atoms with Crippen LogP contribution in [0.2, 0.25) is 0 Å². The van der Waals surface area contributed by atoms with Gasteiger partial charge in [-0.25, -0.2) is 4.98 Å². The van der Waals surface area contributed by atoms with Gasteiger partial charge in [0.1, 0.15) is 17.3 Å². The molecule has 0 N–H and O–H groups in total. The lowest BCUT2D eigenvalue weighted by molar-refractivity contribution is -0.571. The minimum atomic E-state index is -0.650. The summed E-state index contributed by atoms with van der Waals surface area (Å²) in [7, 11) is 0. The van der Waals surface area contributed by atoms with Crippen LogP contribution in [0.25, 0.3) is 94.5 Å². The maximum Gasteiger partial charge on any atom is 0.269 e. The van der Waals surface area contributed by atoms with E-state index < -0.39 is 96.1 Å². The Bertz CT molecular complexity index is 4850. The number of fused-ring (bicyclic) bond motifs is 4. The summed E-state index contributed by atoms with van der Waals surface area (Å²) in [5.41, 5.74) is 5.40. The number of para-hydroxylation sites is 1. The number of aromatic nitrogens is 4. The first-order valence-corrected chi connectivity index (χ1v) is 24.0. The Morgan fingerprint density at radius 3 is 1.84 bits per heavy atom. The van der Waals surface area contributed by atoms with Crippen LogP contribution in [0, 0.1) is 6.33 Å². The lowest BCUT2D eigenvalue weighted by Gasteiger charge is -2.23. The number of imidazole rings is 1. The molecule has 3 heterocycles. The SMILES string of the molecule is [2H]c1c([2H])c([2H])c(-c2cc(-c3cccc(C(C)(C)C)c3)c(-[n+]3[c-]n(-c4cccc(Oc5ccc6c7ccccc7n(-c7cc(C(C)(C)C)ccn7)c6c5)c4)c4cc(-c5c([2H])c([2H])c([2H])c([2H])c5[2H])ccc43)c(-c3c([2H])c([2H])c([2H])c([2H])c3[2H])c2)c([2H])c1[2H]. The monoisotopic (exact) mass is 960 g/mol. The van der Waals surface area contributed by atoms with E-state index in [1.807, 2.05) is 93.7 Å². The molecule has 0 bridgehead atoms. The van der Waals surface area contributed by atoms with Crippen LogP contribution in [-0.4, -0.2) is 14.1 Å². The zero-order valence-electron chi connectivity index (χ0n) is 56.0. The second-order valence-corrected chi connectivity index (χ2v) is 20.0. The summed E-state index contributed by atoms with van der Waals surface area (Å²) in [4.78, 5) is 4.85. The highest BCUT2D eigenvalue weighted by molar-refractivity contribution is 6.09. The highest BCUT2D eigenvalue weighted by Crippen LogP contribution is 2.41. The fourth-order valence-corrected chi connectivity index (χ4v) is 9.47. The summed E-state index contributed by atoms with van der Waals surface area (Å²) in [6, 6.07) is 32.6. The average Bonchev–Trinajstić information content (AvgIpc) is 1.41. The molecule has 3 aromatic heterocycles. The van der Waals surface area contributed by atoms with Crippen LogP contribution in [0.3, 0.4) is 0 Å². The third-order valence-corrected chi connectivity index (χ3v) is 13.2. The molecule has 0 saturated heterocycles. The van der Waals surface area contributed by atoms with Gasteiger partial charge in [-0.3, -0.25) is 13.7 Å². The van der Waals surface area contributed by atoms with Crippen molar-refractivity contribution in [2.45, 2.75) is 52.4 Å². The zero-order valence-corrected chi connectivity index (χ0v) is 41.0. The van der Waals surface area contributed by atoms with Crippen molar-refractivity contribution in [2.24, 2.45) is 0 Å². The zero-order chi connectivity index (χ0) is 62.9. The molecular formula is C68H56N4O. The number of pyridine rings is 1. The van der Waals surface area contributed by atoms with Gasteiger partial charge in [-0.05, 0) is 133 Å². The molecule has 0 amide bonds. The Morgan fingerprint density at radius 1 is 0.479 bits per heavy atom. The molecule has 0 saturated carbocycles. The van der Waals surface area contributed by atoms with Crippen LogP contribution in [0.15, 0.2) is 230 Å². The topological polar surface area (TPSA) is 35.9 Å². The van der Waals surface area contributed by atoms with Crippen LogP contribution in [0.1, 0.15) is 73.2 Å². The van der Waals surface area contributed by atoms with E-state index in [4.69, 9.17) is 24.8 Å². The Morgan fingerprint density at radius 2 is 1.11 bits per heavy atom. The van der Waals surface area contributed by atoms with Crippen molar-refractivity contribution in [3.8, 4) is 73.2 Å². The molecule has 9 aromatic carbocycles. The van der Waals surface area contributed by atoms with Crippen LogP contribution in [-0.2, 0) is 10.8 Å². The van der Waals surface area contributed by atoms with Crippen LogP contribution >= 0.6 is 0 Å². The lowest BCUT2D eigenvalue weighted by atomic mass is 9.84. The van der Waals surface area contributed by atoms with E-state index in [-0.39, 0.29) is 44.5 Å². The van der Waals surface area contributed by atoms with Gasteiger partial charge in [0.2, 0.25) is 0 Å². The van der Waals surface area contributed by atoms with Gasteiger partial charge in [-0.15, -0.1) is 0 Å². The predicted octanol–water partition coefficient (Wildman–Crippen LogP) is 17.3. The summed E-state index contributed by atoms with van der Waals surface area (Å²) in [5.74, 6) is 1.65. The molecule has 0 fully saturated rings. The van der Waals surface area contributed by atoms with Gasteiger partial charge >= 0.3 is 0 Å². The quantitative estimate of drug-likeness (QED) is 0.107. The number of ether oxygens (including phenoxy) is 1. The molecule has 0 unspecified atom stereocenters. The van der Waals surface area contributed by atoms with E-state index in [2.05, 4.69) is 49.9 Å². The largest absolute Gasteiger partial charge is 0.458 e. The molecule has 0 aliphatic heterocycles. The Balaban J connectivity index is 1.15. The Kier molecular flexibility index (Phi) is 7.82. The summed E-state index contributed by atoms with van der Waals surface area (Å²) in [5, 5.41) is 2.02. The van der Waals surface area contributed by atoms with E-state index in [1.54, 1.807) is 51.6 Å². The molecule has 12 rings (SSSR count). The molecule has 12 aromatic rings. The molecule has 5 heteroatoms. The molecule has 0 spiro atoms. The second kappa shape index (κ2) is 18.1. The van der Waals surface area contributed by atoms with E-state index in [0.29, 0.717) is 39.3 Å². The number of benzene rings is 9. The molecule has 0 aliphatic rings. The van der Waals surface area contributed by atoms with E-state index >= 15 is 0 Å². The number of hydrogen-bond acceptors (Lipinski definition) is 2. The second-order valence-electron chi connectivity index (χ2n) is 20.0. The Labute approximate surface area is 449 Å². The van der Waals surface area contributed by atoms with Crippen molar-refractivity contribution in [1.29, 1.82) is 0 Å². The molecule has 0 atom stereocenters. The third kappa shape index (κ3) is 8.57. The first kappa shape index (κ1) is 31.5.